The molecule has 0 aliphatic heterocycles. The second-order valence-electron chi connectivity index (χ2n) is 2.58. The summed E-state index contributed by atoms with van der Waals surface area (Å²) in [6.45, 7) is 0.681. The largest absolute Gasteiger partial charge is 0.458 e. The van der Waals surface area contributed by atoms with Crippen LogP contribution in [-0.2, 0) is 19.1 Å². The maximum atomic E-state index is 10.7. The van der Waals surface area contributed by atoms with Crippen LogP contribution >= 0.6 is 23.2 Å². The molecule has 1 unspecified atom stereocenters. The summed E-state index contributed by atoms with van der Waals surface area (Å²) < 4.78 is 8.91. The second-order valence-corrected chi connectivity index (χ2v) is 3.11. The van der Waals surface area contributed by atoms with Gasteiger partial charge < -0.3 is 14.6 Å². The van der Waals surface area contributed by atoms with Crippen molar-refractivity contribution < 1.29 is 24.2 Å². The van der Waals surface area contributed by atoms with Gasteiger partial charge in [-0.25, -0.2) is 0 Å². The lowest BCUT2D eigenvalue weighted by molar-refractivity contribution is -0.218. The molecule has 7 heteroatoms. The first-order valence-electron chi connectivity index (χ1n) is 3.63. The Bertz CT molecular complexity index is 216. The lowest BCUT2D eigenvalue weighted by atomic mass is 10.3. The Morgan fingerprint density at radius 3 is 2.21 bits per heavy atom. The summed E-state index contributed by atoms with van der Waals surface area (Å²) in [7, 11) is 0. The molecule has 1 N–H and O–H groups in total. The van der Waals surface area contributed by atoms with Crippen LogP contribution in [0.1, 0.15) is 6.92 Å². The number of hydrogen-bond acceptors (Lipinski definition) is 5. The minimum atomic E-state index is -1.88. The molecule has 0 aromatic heterocycles. The van der Waals surface area contributed by atoms with Crippen molar-refractivity contribution in [3.8, 4) is 0 Å². The molecule has 0 radical (unpaired) electrons. The Morgan fingerprint density at radius 1 is 1.29 bits per heavy atom. The highest BCUT2D eigenvalue weighted by Gasteiger charge is 2.26. The predicted octanol–water partition coefficient (Wildman–Crippen LogP) is 0.259. The number of aliphatic hydroxyl groups is 1. The monoisotopic (exact) mass is 244 g/mol. The van der Waals surface area contributed by atoms with Crippen molar-refractivity contribution in [2.75, 3.05) is 18.4 Å². The molecule has 5 nitrogen and oxygen atoms in total. The van der Waals surface area contributed by atoms with Gasteiger partial charge in [0.25, 0.3) is 0 Å². The zero-order valence-electron chi connectivity index (χ0n) is 7.46. The first kappa shape index (κ1) is 13.5. The molecule has 0 fully saturated rings. The van der Waals surface area contributed by atoms with E-state index >= 15 is 0 Å². The third kappa shape index (κ3) is 6.01. The quantitative estimate of drug-likeness (QED) is 0.427. The van der Waals surface area contributed by atoms with Gasteiger partial charge in [0.05, 0.1) is 0 Å². The standard InChI is InChI=1S/C7H10Cl2O5/c1-7(12,14-6(11)3-9)4-13-5(10)2-8/h12H,2-4H2,1H3. The summed E-state index contributed by atoms with van der Waals surface area (Å²) in [5.41, 5.74) is 0. The van der Waals surface area contributed by atoms with Crippen molar-refractivity contribution in [1.82, 2.24) is 0 Å². The van der Waals surface area contributed by atoms with E-state index in [4.69, 9.17) is 23.2 Å². The van der Waals surface area contributed by atoms with Gasteiger partial charge in [-0.15, -0.1) is 23.2 Å². The molecule has 0 bridgehead atoms. The second kappa shape index (κ2) is 6.06. The molecule has 0 aromatic carbocycles. The molecule has 0 aliphatic rings. The van der Waals surface area contributed by atoms with Crippen molar-refractivity contribution in [2.45, 2.75) is 12.7 Å². The summed E-state index contributed by atoms with van der Waals surface area (Å²) in [4.78, 5) is 21.2. The van der Waals surface area contributed by atoms with Gasteiger partial charge in [0, 0.05) is 6.92 Å². The minimum absolute atomic E-state index is 0.334. The number of halogens is 2. The number of hydrogen-bond donors (Lipinski definition) is 1. The summed E-state index contributed by atoms with van der Waals surface area (Å²) in [6.07, 6.45) is 0. The van der Waals surface area contributed by atoms with Crippen LogP contribution in [0, 0.1) is 0 Å². The molecular formula is C7H10Cl2O5. The molecule has 0 rings (SSSR count). The Balaban J connectivity index is 3.94. The van der Waals surface area contributed by atoms with Crippen molar-refractivity contribution in [3.63, 3.8) is 0 Å². The first-order valence-corrected chi connectivity index (χ1v) is 4.70. The third-order valence-corrected chi connectivity index (χ3v) is 1.49. The van der Waals surface area contributed by atoms with Gasteiger partial charge in [0.1, 0.15) is 11.8 Å². The average molecular weight is 245 g/mol. The highest BCUT2D eigenvalue weighted by molar-refractivity contribution is 6.26. The summed E-state index contributed by atoms with van der Waals surface area (Å²) in [5.74, 6) is -4.13. The number of carbonyl (C=O) groups excluding carboxylic acids is 2. The molecule has 0 aromatic rings. The number of carbonyl (C=O) groups is 2. The zero-order chi connectivity index (χ0) is 11.2. The molecule has 82 valence electrons. The van der Waals surface area contributed by atoms with E-state index in [-0.39, 0.29) is 11.8 Å². The van der Waals surface area contributed by atoms with Gasteiger partial charge in [-0.3, -0.25) is 9.59 Å². The van der Waals surface area contributed by atoms with E-state index < -0.39 is 24.3 Å². The molecule has 0 amide bonds. The Morgan fingerprint density at radius 2 is 1.79 bits per heavy atom. The number of alkyl halides is 2. The van der Waals surface area contributed by atoms with E-state index in [9.17, 15) is 14.7 Å². The average Bonchev–Trinajstić information content (AvgIpc) is 2.13. The highest BCUT2D eigenvalue weighted by Crippen LogP contribution is 2.07. The summed E-state index contributed by atoms with van der Waals surface area (Å²) in [6, 6.07) is 0. The highest BCUT2D eigenvalue weighted by atomic mass is 35.5. The van der Waals surface area contributed by atoms with E-state index in [1.54, 1.807) is 0 Å². The van der Waals surface area contributed by atoms with Crippen LogP contribution in [0.3, 0.4) is 0 Å². The smallest absolute Gasteiger partial charge is 0.323 e. The number of rotatable bonds is 5. The number of esters is 2. The molecule has 0 aliphatic carbocycles. The van der Waals surface area contributed by atoms with Crippen LogP contribution < -0.4 is 0 Å². The van der Waals surface area contributed by atoms with E-state index in [0.717, 1.165) is 0 Å². The van der Waals surface area contributed by atoms with Gasteiger partial charge in [-0.05, 0) is 0 Å². The first-order chi connectivity index (χ1) is 6.41. The molecule has 14 heavy (non-hydrogen) atoms. The van der Waals surface area contributed by atoms with Gasteiger partial charge >= 0.3 is 11.9 Å². The third-order valence-electron chi connectivity index (χ3n) is 1.05. The van der Waals surface area contributed by atoms with Gasteiger partial charge in [0.2, 0.25) is 5.79 Å². The fourth-order valence-electron chi connectivity index (χ4n) is 0.555. The van der Waals surface area contributed by atoms with Crippen molar-refractivity contribution in [2.24, 2.45) is 0 Å². The maximum absolute atomic E-state index is 10.7. The zero-order valence-corrected chi connectivity index (χ0v) is 8.97. The van der Waals surface area contributed by atoms with E-state index in [0.29, 0.717) is 0 Å². The van der Waals surface area contributed by atoms with Crippen LogP contribution in [0.25, 0.3) is 0 Å². The maximum Gasteiger partial charge on any atom is 0.323 e. The fraction of sp³-hybridized carbons (Fsp3) is 0.714. The minimum Gasteiger partial charge on any atom is -0.458 e. The van der Waals surface area contributed by atoms with Crippen molar-refractivity contribution >= 4 is 35.1 Å². The normalized spacial score (nSPS) is 14.3. The fourth-order valence-corrected chi connectivity index (χ4v) is 0.687. The molecule has 1 atom stereocenters. The van der Waals surface area contributed by atoms with E-state index in [1.165, 1.54) is 6.92 Å². The Kier molecular flexibility index (Phi) is 5.83. The molecule has 0 saturated carbocycles. The van der Waals surface area contributed by atoms with Crippen molar-refractivity contribution in [1.29, 1.82) is 0 Å². The number of ether oxygens (including phenoxy) is 2. The van der Waals surface area contributed by atoms with Crippen LogP contribution in [0.5, 0.6) is 0 Å². The topological polar surface area (TPSA) is 72.8 Å². The lowest BCUT2D eigenvalue weighted by Crippen LogP contribution is -2.38. The van der Waals surface area contributed by atoms with E-state index in [2.05, 4.69) is 9.47 Å². The van der Waals surface area contributed by atoms with Crippen LogP contribution in [-0.4, -0.2) is 41.2 Å². The van der Waals surface area contributed by atoms with Crippen LogP contribution in [0.4, 0.5) is 0 Å². The SMILES string of the molecule is CC(O)(COC(=O)CCl)OC(=O)CCl. The predicted molar refractivity (Wildman–Crippen MR) is 49.1 cm³/mol. The summed E-state index contributed by atoms with van der Waals surface area (Å²) >= 11 is 10.3. The van der Waals surface area contributed by atoms with E-state index in [1.807, 2.05) is 0 Å². The van der Waals surface area contributed by atoms with Gasteiger partial charge in [-0.2, -0.15) is 0 Å². The lowest BCUT2D eigenvalue weighted by Gasteiger charge is -2.22. The van der Waals surface area contributed by atoms with Crippen LogP contribution in [0.2, 0.25) is 0 Å². The molecule has 0 spiro atoms. The van der Waals surface area contributed by atoms with Crippen molar-refractivity contribution in [3.05, 3.63) is 0 Å². The molecular weight excluding hydrogens is 235 g/mol. The molecule has 0 heterocycles. The van der Waals surface area contributed by atoms with Crippen LogP contribution in [0.15, 0.2) is 0 Å². The van der Waals surface area contributed by atoms with Gasteiger partial charge in [-0.1, -0.05) is 0 Å². The summed E-state index contributed by atoms with van der Waals surface area (Å²) in [5, 5.41) is 9.34. The Labute approximate surface area is 90.9 Å². The molecule has 0 saturated heterocycles. The Hall–Kier alpha value is -0.520. The van der Waals surface area contributed by atoms with Gasteiger partial charge in [0.15, 0.2) is 6.61 Å².